The molecule has 4 aromatic rings. The zero-order valence-electron chi connectivity index (χ0n) is 14.9. The lowest BCUT2D eigenvalue weighted by Gasteiger charge is -2.10. The normalized spacial score (nSPS) is 10.7. The van der Waals surface area contributed by atoms with Crippen LogP contribution in [0.3, 0.4) is 0 Å². The second-order valence-corrected chi connectivity index (χ2v) is 6.06. The third kappa shape index (κ3) is 3.53. The fraction of sp³-hybridized carbons (Fsp3) is 0.0909. The Morgan fingerprint density at radius 3 is 2.52 bits per heavy atom. The van der Waals surface area contributed by atoms with Crippen LogP contribution in [0.1, 0.15) is 17.3 Å². The molecule has 0 aliphatic heterocycles. The minimum absolute atomic E-state index is 0.199. The molecule has 1 heterocycles. The molecule has 1 amide bonds. The highest BCUT2D eigenvalue weighted by Gasteiger charge is 2.12. The summed E-state index contributed by atoms with van der Waals surface area (Å²) in [5.41, 5.74) is 4.11. The summed E-state index contributed by atoms with van der Waals surface area (Å²) >= 11 is 0. The number of aromatic amines is 1. The van der Waals surface area contributed by atoms with Crippen molar-refractivity contribution in [1.82, 2.24) is 9.97 Å². The Morgan fingerprint density at radius 2 is 1.74 bits per heavy atom. The standard InChI is InChI=1S/C22H19N3O2/c1-2-27-20-10-6-3-7-17(20)22(26)23-16-13-11-15(12-14-16)21-24-18-8-4-5-9-19(18)25-21/h3-14H,2H2,1H3,(H,23,26)(H,24,25). The van der Waals surface area contributed by atoms with Crippen molar-refractivity contribution in [2.24, 2.45) is 0 Å². The Kier molecular flexibility index (Phi) is 4.58. The van der Waals surface area contributed by atoms with Crippen LogP contribution in [0.15, 0.2) is 72.8 Å². The van der Waals surface area contributed by atoms with Gasteiger partial charge in [-0.2, -0.15) is 0 Å². The monoisotopic (exact) mass is 357 g/mol. The summed E-state index contributed by atoms with van der Waals surface area (Å²) in [6.45, 7) is 2.40. The van der Waals surface area contributed by atoms with E-state index in [2.05, 4.69) is 15.3 Å². The van der Waals surface area contributed by atoms with Crippen molar-refractivity contribution in [2.75, 3.05) is 11.9 Å². The van der Waals surface area contributed by atoms with Gasteiger partial charge in [0.25, 0.3) is 5.91 Å². The number of H-pyrrole nitrogens is 1. The first-order chi connectivity index (χ1) is 13.2. The van der Waals surface area contributed by atoms with Gasteiger partial charge < -0.3 is 15.0 Å². The first-order valence-corrected chi connectivity index (χ1v) is 8.83. The topological polar surface area (TPSA) is 67.0 Å². The second kappa shape index (κ2) is 7.33. The van der Waals surface area contributed by atoms with Crippen LogP contribution in [-0.2, 0) is 0 Å². The molecule has 0 saturated carbocycles. The van der Waals surface area contributed by atoms with Crippen molar-refractivity contribution in [3.63, 3.8) is 0 Å². The van der Waals surface area contributed by atoms with Crippen molar-refractivity contribution in [3.8, 4) is 17.1 Å². The van der Waals surface area contributed by atoms with Gasteiger partial charge in [0.15, 0.2) is 0 Å². The number of para-hydroxylation sites is 3. The highest BCUT2D eigenvalue weighted by molar-refractivity contribution is 6.06. The summed E-state index contributed by atoms with van der Waals surface area (Å²) in [5, 5.41) is 2.91. The summed E-state index contributed by atoms with van der Waals surface area (Å²) in [7, 11) is 0. The van der Waals surface area contributed by atoms with E-state index in [1.54, 1.807) is 12.1 Å². The van der Waals surface area contributed by atoms with Crippen LogP contribution in [0.25, 0.3) is 22.4 Å². The van der Waals surface area contributed by atoms with E-state index < -0.39 is 0 Å². The Labute approximate surface area is 157 Å². The Morgan fingerprint density at radius 1 is 1.00 bits per heavy atom. The molecule has 1 aromatic heterocycles. The number of hydrogen-bond acceptors (Lipinski definition) is 3. The number of aromatic nitrogens is 2. The molecular formula is C22H19N3O2. The predicted octanol–water partition coefficient (Wildman–Crippen LogP) is 4.88. The fourth-order valence-electron chi connectivity index (χ4n) is 2.93. The van der Waals surface area contributed by atoms with E-state index in [4.69, 9.17) is 4.74 Å². The van der Waals surface area contributed by atoms with E-state index in [0.29, 0.717) is 23.6 Å². The maximum atomic E-state index is 12.6. The number of hydrogen-bond donors (Lipinski definition) is 2. The number of nitrogens with one attached hydrogen (secondary N) is 2. The maximum Gasteiger partial charge on any atom is 0.259 e. The van der Waals surface area contributed by atoms with Gasteiger partial charge >= 0.3 is 0 Å². The predicted molar refractivity (Wildman–Crippen MR) is 107 cm³/mol. The number of nitrogens with zero attached hydrogens (tertiary/aromatic N) is 1. The molecule has 0 aliphatic rings. The Balaban J connectivity index is 1.53. The van der Waals surface area contributed by atoms with Crippen LogP contribution in [0.2, 0.25) is 0 Å². The van der Waals surface area contributed by atoms with Gasteiger partial charge in [-0.25, -0.2) is 4.98 Å². The number of anilines is 1. The molecule has 0 aliphatic carbocycles. The molecule has 2 N–H and O–H groups in total. The van der Waals surface area contributed by atoms with Gasteiger partial charge in [0.05, 0.1) is 23.2 Å². The lowest BCUT2D eigenvalue weighted by atomic mass is 10.1. The van der Waals surface area contributed by atoms with Crippen molar-refractivity contribution in [3.05, 3.63) is 78.4 Å². The minimum atomic E-state index is -0.199. The van der Waals surface area contributed by atoms with Gasteiger partial charge in [-0.05, 0) is 55.5 Å². The number of rotatable bonds is 5. The molecule has 0 fully saturated rings. The van der Waals surface area contributed by atoms with Crippen LogP contribution in [0.5, 0.6) is 5.75 Å². The number of fused-ring (bicyclic) bond motifs is 1. The summed E-state index contributed by atoms with van der Waals surface area (Å²) in [4.78, 5) is 20.5. The van der Waals surface area contributed by atoms with E-state index in [1.165, 1.54) is 0 Å². The molecule has 0 unspecified atom stereocenters. The molecule has 0 atom stereocenters. The molecular weight excluding hydrogens is 338 g/mol. The number of benzene rings is 3. The average Bonchev–Trinajstić information content (AvgIpc) is 3.13. The Hall–Kier alpha value is -3.60. The van der Waals surface area contributed by atoms with Gasteiger partial charge in [0.2, 0.25) is 0 Å². The molecule has 5 heteroatoms. The van der Waals surface area contributed by atoms with Crippen molar-refractivity contribution in [1.29, 1.82) is 0 Å². The van der Waals surface area contributed by atoms with E-state index in [-0.39, 0.29) is 5.91 Å². The zero-order valence-corrected chi connectivity index (χ0v) is 14.9. The van der Waals surface area contributed by atoms with Crippen molar-refractivity contribution in [2.45, 2.75) is 6.92 Å². The van der Waals surface area contributed by atoms with Crippen molar-refractivity contribution >= 4 is 22.6 Å². The van der Waals surface area contributed by atoms with E-state index in [9.17, 15) is 4.79 Å². The third-order valence-electron chi connectivity index (χ3n) is 4.24. The lowest BCUT2D eigenvalue weighted by molar-refractivity contribution is 0.102. The van der Waals surface area contributed by atoms with Crippen LogP contribution in [0, 0.1) is 0 Å². The highest BCUT2D eigenvalue weighted by atomic mass is 16.5. The van der Waals surface area contributed by atoms with Gasteiger partial charge in [0, 0.05) is 11.3 Å². The molecule has 0 saturated heterocycles. The second-order valence-electron chi connectivity index (χ2n) is 6.06. The summed E-state index contributed by atoms with van der Waals surface area (Å²) in [6, 6.07) is 22.7. The number of amides is 1. The first kappa shape index (κ1) is 16.8. The molecule has 0 bridgehead atoms. The fourth-order valence-corrected chi connectivity index (χ4v) is 2.93. The molecule has 5 nitrogen and oxygen atoms in total. The van der Waals surface area contributed by atoms with Crippen LogP contribution in [0.4, 0.5) is 5.69 Å². The SMILES string of the molecule is CCOc1ccccc1C(=O)Nc1ccc(-c2nc3ccccc3[nH]2)cc1. The first-order valence-electron chi connectivity index (χ1n) is 8.83. The third-order valence-corrected chi connectivity index (χ3v) is 4.24. The summed E-state index contributed by atoms with van der Waals surface area (Å²) in [6.07, 6.45) is 0. The number of ether oxygens (including phenoxy) is 1. The largest absolute Gasteiger partial charge is 0.493 e. The summed E-state index contributed by atoms with van der Waals surface area (Å²) in [5.74, 6) is 1.18. The number of imidazole rings is 1. The van der Waals surface area contributed by atoms with Crippen molar-refractivity contribution < 1.29 is 9.53 Å². The molecule has 134 valence electrons. The quantitative estimate of drug-likeness (QED) is 0.535. The van der Waals surface area contributed by atoms with E-state index in [0.717, 1.165) is 22.4 Å². The summed E-state index contributed by atoms with van der Waals surface area (Å²) < 4.78 is 5.53. The van der Waals surface area contributed by atoms with Crippen LogP contribution in [-0.4, -0.2) is 22.5 Å². The molecule has 27 heavy (non-hydrogen) atoms. The van der Waals surface area contributed by atoms with Gasteiger partial charge in [-0.15, -0.1) is 0 Å². The molecule has 0 spiro atoms. The van der Waals surface area contributed by atoms with Crippen LogP contribution < -0.4 is 10.1 Å². The highest BCUT2D eigenvalue weighted by Crippen LogP contribution is 2.23. The molecule has 4 rings (SSSR count). The lowest BCUT2D eigenvalue weighted by Crippen LogP contribution is -2.13. The van der Waals surface area contributed by atoms with Gasteiger partial charge in [-0.3, -0.25) is 4.79 Å². The number of carbonyl (C=O) groups is 1. The Bertz CT molecular complexity index is 1050. The number of carbonyl (C=O) groups excluding carboxylic acids is 1. The molecule has 3 aromatic carbocycles. The molecule has 0 radical (unpaired) electrons. The maximum absolute atomic E-state index is 12.6. The van der Waals surface area contributed by atoms with Gasteiger partial charge in [-0.1, -0.05) is 24.3 Å². The van der Waals surface area contributed by atoms with Gasteiger partial charge in [0.1, 0.15) is 11.6 Å². The van der Waals surface area contributed by atoms with E-state index >= 15 is 0 Å². The average molecular weight is 357 g/mol. The zero-order chi connectivity index (χ0) is 18.6. The minimum Gasteiger partial charge on any atom is -0.493 e. The van der Waals surface area contributed by atoms with Crippen LogP contribution >= 0.6 is 0 Å². The smallest absolute Gasteiger partial charge is 0.259 e. The van der Waals surface area contributed by atoms with E-state index in [1.807, 2.05) is 67.6 Å².